The fourth-order valence-electron chi connectivity index (χ4n) is 2.54. The minimum atomic E-state index is -0.149. The van der Waals surface area contributed by atoms with Crippen LogP contribution in [0.3, 0.4) is 0 Å². The lowest BCUT2D eigenvalue weighted by Crippen LogP contribution is -2.32. The number of phenols is 1. The summed E-state index contributed by atoms with van der Waals surface area (Å²) in [6, 6.07) is 14.9. The van der Waals surface area contributed by atoms with Crippen molar-refractivity contribution in [3.63, 3.8) is 0 Å². The first kappa shape index (κ1) is 14.3. The van der Waals surface area contributed by atoms with E-state index < -0.39 is 0 Å². The lowest BCUT2D eigenvalue weighted by atomic mass is 10.1. The van der Waals surface area contributed by atoms with Crippen LogP contribution in [0.15, 0.2) is 53.6 Å². The van der Waals surface area contributed by atoms with E-state index in [0.717, 1.165) is 18.7 Å². The molecule has 2 N–H and O–H groups in total. The molecule has 3 rings (SSSR count). The van der Waals surface area contributed by atoms with Crippen LogP contribution in [0.2, 0.25) is 0 Å². The summed E-state index contributed by atoms with van der Waals surface area (Å²) in [7, 11) is 0. The molecule has 0 radical (unpaired) electrons. The molecule has 1 amide bonds. The third kappa shape index (κ3) is 3.51. The molecule has 0 aromatic heterocycles. The summed E-state index contributed by atoms with van der Waals surface area (Å²) in [5.41, 5.74) is 5.79. The molecule has 0 unspecified atom stereocenters. The van der Waals surface area contributed by atoms with E-state index in [-0.39, 0.29) is 11.7 Å². The Bertz CT molecular complexity index is 688. The zero-order chi connectivity index (χ0) is 15.4. The topological polar surface area (TPSA) is 64.9 Å². The molecule has 1 aliphatic rings. The smallest absolute Gasteiger partial charge is 0.254 e. The monoisotopic (exact) mass is 295 g/mol. The van der Waals surface area contributed by atoms with Gasteiger partial charge in [0.2, 0.25) is 0 Å². The number of hydrogen-bond donors (Lipinski definition) is 2. The van der Waals surface area contributed by atoms with Gasteiger partial charge in [0.05, 0.1) is 12.8 Å². The van der Waals surface area contributed by atoms with E-state index in [1.165, 1.54) is 17.3 Å². The van der Waals surface area contributed by atoms with Gasteiger partial charge in [0.1, 0.15) is 5.75 Å². The molecule has 0 bridgehead atoms. The molecule has 0 saturated carbocycles. The number of aromatic hydroxyl groups is 1. The van der Waals surface area contributed by atoms with Gasteiger partial charge in [-0.2, -0.15) is 5.10 Å². The van der Waals surface area contributed by atoms with E-state index >= 15 is 0 Å². The lowest BCUT2D eigenvalue weighted by Gasteiger charge is -2.12. The van der Waals surface area contributed by atoms with Crippen LogP contribution in [0, 0.1) is 0 Å². The van der Waals surface area contributed by atoms with E-state index in [1.54, 1.807) is 24.3 Å². The molecular weight excluding hydrogens is 278 g/mol. The van der Waals surface area contributed by atoms with E-state index in [1.807, 2.05) is 12.1 Å². The van der Waals surface area contributed by atoms with Crippen LogP contribution < -0.4 is 5.43 Å². The van der Waals surface area contributed by atoms with Gasteiger partial charge in [0.15, 0.2) is 0 Å². The van der Waals surface area contributed by atoms with E-state index in [0.29, 0.717) is 6.54 Å². The van der Waals surface area contributed by atoms with Crippen molar-refractivity contribution < 1.29 is 9.90 Å². The number of hydrogen-bond acceptors (Lipinski definition) is 4. The molecule has 2 aromatic carbocycles. The molecule has 0 spiro atoms. The molecule has 0 saturated heterocycles. The summed E-state index contributed by atoms with van der Waals surface area (Å²) in [5, 5.41) is 13.3. The quantitative estimate of drug-likeness (QED) is 0.668. The normalized spacial score (nSPS) is 14.2. The number of fused-ring (bicyclic) bond motifs is 1. The number of hydrazone groups is 1. The van der Waals surface area contributed by atoms with Crippen LogP contribution in [-0.4, -0.2) is 28.7 Å². The number of rotatable bonds is 4. The standard InChI is InChI=1S/C17H17N3O2/c21-16-7-3-4-13(8-16)9-18-19-17(22)12-20-10-14-5-1-2-6-15(14)11-20/h1-9,21H,10-12H2,(H,19,22)/b18-9-. The molecule has 5 heteroatoms. The van der Waals surface area contributed by atoms with E-state index in [4.69, 9.17) is 0 Å². The molecular formula is C17H17N3O2. The SMILES string of the molecule is O=C(CN1Cc2ccccc2C1)N/N=C\c1cccc(O)c1. The highest BCUT2D eigenvalue weighted by atomic mass is 16.3. The van der Waals surface area contributed by atoms with Crippen LogP contribution in [0.25, 0.3) is 0 Å². The summed E-state index contributed by atoms with van der Waals surface area (Å²) in [5.74, 6) is 0.0225. The Balaban J connectivity index is 1.50. The van der Waals surface area contributed by atoms with Crippen molar-refractivity contribution in [1.82, 2.24) is 10.3 Å². The summed E-state index contributed by atoms with van der Waals surface area (Å²) in [6.45, 7) is 1.89. The summed E-state index contributed by atoms with van der Waals surface area (Å²) in [4.78, 5) is 14.0. The number of amides is 1. The first-order valence-corrected chi connectivity index (χ1v) is 7.11. The minimum absolute atomic E-state index is 0.149. The zero-order valence-electron chi connectivity index (χ0n) is 12.1. The molecule has 0 fully saturated rings. The average Bonchev–Trinajstić information content (AvgIpc) is 2.89. The van der Waals surface area contributed by atoms with Gasteiger partial charge in [-0.25, -0.2) is 5.43 Å². The van der Waals surface area contributed by atoms with Crippen molar-refractivity contribution in [3.8, 4) is 5.75 Å². The molecule has 1 heterocycles. The fraction of sp³-hybridized carbons (Fsp3) is 0.176. The van der Waals surface area contributed by atoms with Gasteiger partial charge >= 0.3 is 0 Å². The number of carbonyl (C=O) groups is 1. The summed E-state index contributed by atoms with van der Waals surface area (Å²) < 4.78 is 0. The fourth-order valence-corrected chi connectivity index (χ4v) is 2.54. The van der Waals surface area contributed by atoms with E-state index in [2.05, 4.69) is 27.6 Å². The van der Waals surface area contributed by atoms with Crippen molar-refractivity contribution in [2.45, 2.75) is 13.1 Å². The van der Waals surface area contributed by atoms with Gasteiger partial charge in [-0.3, -0.25) is 9.69 Å². The first-order valence-electron chi connectivity index (χ1n) is 7.11. The Morgan fingerprint density at radius 2 is 1.91 bits per heavy atom. The lowest BCUT2D eigenvalue weighted by molar-refractivity contribution is -0.122. The highest BCUT2D eigenvalue weighted by Crippen LogP contribution is 2.21. The maximum Gasteiger partial charge on any atom is 0.254 e. The van der Waals surface area contributed by atoms with Gasteiger partial charge in [-0.15, -0.1) is 0 Å². The highest BCUT2D eigenvalue weighted by molar-refractivity contribution is 5.83. The van der Waals surface area contributed by atoms with Crippen molar-refractivity contribution in [3.05, 3.63) is 65.2 Å². The molecule has 0 aliphatic carbocycles. The predicted molar refractivity (Wildman–Crippen MR) is 84.4 cm³/mol. The number of nitrogens with one attached hydrogen (secondary N) is 1. The van der Waals surface area contributed by atoms with Crippen LogP contribution in [0.5, 0.6) is 5.75 Å². The van der Waals surface area contributed by atoms with Crippen molar-refractivity contribution in [2.24, 2.45) is 5.10 Å². The van der Waals surface area contributed by atoms with Gasteiger partial charge < -0.3 is 5.11 Å². The minimum Gasteiger partial charge on any atom is -0.508 e. The third-order valence-electron chi connectivity index (χ3n) is 3.55. The summed E-state index contributed by atoms with van der Waals surface area (Å²) >= 11 is 0. The molecule has 1 aliphatic heterocycles. The maximum absolute atomic E-state index is 11.9. The van der Waals surface area contributed by atoms with Crippen LogP contribution in [0.1, 0.15) is 16.7 Å². The van der Waals surface area contributed by atoms with Gasteiger partial charge in [0, 0.05) is 13.1 Å². The predicted octanol–water partition coefficient (Wildman–Crippen LogP) is 1.86. The Kier molecular flexibility index (Phi) is 4.16. The zero-order valence-corrected chi connectivity index (χ0v) is 12.1. The van der Waals surface area contributed by atoms with Gasteiger partial charge in [0.25, 0.3) is 5.91 Å². The average molecular weight is 295 g/mol. The second-order valence-electron chi connectivity index (χ2n) is 5.30. The second kappa shape index (κ2) is 6.41. The van der Waals surface area contributed by atoms with Crippen LogP contribution >= 0.6 is 0 Å². The van der Waals surface area contributed by atoms with E-state index in [9.17, 15) is 9.90 Å². The molecule has 2 aromatic rings. The first-order chi connectivity index (χ1) is 10.7. The van der Waals surface area contributed by atoms with Crippen LogP contribution in [0.4, 0.5) is 0 Å². The molecule has 5 nitrogen and oxygen atoms in total. The third-order valence-corrected chi connectivity index (χ3v) is 3.55. The highest BCUT2D eigenvalue weighted by Gasteiger charge is 2.19. The molecule has 22 heavy (non-hydrogen) atoms. The number of nitrogens with zero attached hydrogens (tertiary/aromatic N) is 2. The molecule has 112 valence electrons. The number of carbonyl (C=O) groups excluding carboxylic acids is 1. The largest absolute Gasteiger partial charge is 0.508 e. The summed E-state index contributed by atoms with van der Waals surface area (Å²) in [6.07, 6.45) is 1.51. The number of benzene rings is 2. The molecule has 0 atom stereocenters. The van der Waals surface area contributed by atoms with Gasteiger partial charge in [-0.1, -0.05) is 36.4 Å². The van der Waals surface area contributed by atoms with Gasteiger partial charge in [-0.05, 0) is 28.8 Å². The van der Waals surface area contributed by atoms with Crippen molar-refractivity contribution >= 4 is 12.1 Å². The Morgan fingerprint density at radius 1 is 1.18 bits per heavy atom. The second-order valence-corrected chi connectivity index (χ2v) is 5.30. The Hall–Kier alpha value is -2.66. The van der Waals surface area contributed by atoms with Crippen molar-refractivity contribution in [1.29, 1.82) is 0 Å². The van der Waals surface area contributed by atoms with Crippen molar-refractivity contribution in [2.75, 3.05) is 6.54 Å². The number of phenolic OH excluding ortho intramolecular Hbond substituents is 1. The Morgan fingerprint density at radius 3 is 2.59 bits per heavy atom. The maximum atomic E-state index is 11.9. The Labute approximate surface area is 128 Å². The van der Waals surface area contributed by atoms with Crippen LogP contribution in [-0.2, 0) is 17.9 Å².